The number of hydrogen-bond donors (Lipinski definition) is 1. The number of likely N-dealkylation sites (tertiary alicyclic amines) is 1. The summed E-state index contributed by atoms with van der Waals surface area (Å²) in [5.74, 6) is 0.652. The smallest absolute Gasteiger partial charge is 0.242 e. The highest BCUT2D eigenvalue weighted by Crippen LogP contribution is 2.16. The highest BCUT2D eigenvalue weighted by Gasteiger charge is 2.17. The molecule has 2 aromatic rings. The number of nitrogens with one attached hydrogen (secondary N) is 1. The van der Waals surface area contributed by atoms with Crippen LogP contribution < -0.4 is 10.2 Å². The number of anilines is 1. The molecular formula is C19H27N7O2. The molecule has 0 spiro atoms. The topological polar surface area (TPSA) is 88.4 Å². The number of carbonyl (C=O) groups excluding carboxylic acids is 1. The first kappa shape index (κ1) is 18.8. The summed E-state index contributed by atoms with van der Waals surface area (Å²) in [6, 6.07) is 8.31. The number of amides is 1. The molecule has 0 unspecified atom stereocenters. The highest BCUT2D eigenvalue weighted by atomic mass is 16.5. The van der Waals surface area contributed by atoms with Gasteiger partial charge in [-0.15, -0.1) is 5.10 Å². The third-order valence-electron chi connectivity index (χ3n) is 5.27. The Morgan fingerprint density at radius 2 is 1.82 bits per heavy atom. The lowest BCUT2D eigenvalue weighted by molar-refractivity contribution is -0.122. The molecule has 1 aromatic heterocycles. The average Bonchev–Trinajstić information content (AvgIpc) is 3.40. The lowest BCUT2D eigenvalue weighted by atomic mass is 10.2. The van der Waals surface area contributed by atoms with Gasteiger partial charge in [0.1, 0.15) is 6.54 Å². The maximum atomic E-state index is 12.3. The number of ether oxygens (including phenoxy) is 1. The summed E-state index contributed by atoms with van der Waals surface area (Å²) in [7, 11) is 0. The van der Waals surface area contributed by atoms with Crippen LogP contribution in [-0.4, -0.2) is 70.4 Å². The van der Waals surface area contributed by atoms with Crippen LogP contribution in [0.5, 0.6) is 0 Å². The molecule has 9 heteroatoms. The minimum atomic E-state index is -0.0905. The zero-order valence-corrected chi connectivity index (χ0v) is 16.1. The molecule has 2 saturated heterocycles. The van der Waals surface area contributed by atoms with E-state index < -0.39 is 0 Å². The first-order valence-corrected chi connectivity index (χ1v) is 9.94. The van der Waals surface area contributed by atoms with Crippen molar-refractivity contribution in [2.45, 2.75) is 32.5 Å². The summed E-state index contributed by atoms with van der Waals surface area (Å²) < 4.78 is 6.98. The Morgan fingerprint density at radius 1 is 1.07 bits per heavy atom. The molecular weight excluding hydrogens is 358 g/mol. The van der Waals surface area contributed by atoms with E-state index in [-0.39, 0.29) is 12.5 Å². The van der Waals surface area contributed by atoms with Crippen LogP contribution in [0.15, 0.2) is 24.3 Å². The van der Waals surface area contributed by atoms with Crippen LogP contribution in [-0.2, 0) is 29.2 Å². The second-order valence-corrected chi connectivity index (χ2v) is 7.28. The summed E-state index contributed by atoms with van der Waals surface area (Å²) in [5, 5.41) is 14.7. The molecule has 2 aliphatic heterocycles. The van der Waals surface area contributed by atoms with Crippen molar-refractivity contribution >= 4 is 11.6 Å². The Morgan fingerprint density at radius 3 is 2.57 bits per heavy atom. The standard InChI is InChI=1S/C19H27N7O2/c27-19(15-26-18(21-22-23-26)14-24-7-1-2-8-24)20-13-16-3-5-17(6-4-16)25-9-11-28-12-10-25/h3-6H,1-2,7-15H2,(H,20,27). The quantitative estimate of drug-likeness (QED) is 0.739. The first-order valence-electron chi connectivity index (χ1n) is 9.94. The minimum absolute atomic E-state index is 0.0905. The van der Waals surface area contributed by atoms with Crippen molar-refractivity contribution in [2.75, 3.05) is 44.3 Å². The molecule has 0 bridgehead atoms. The molecule has 9 nitrogen and oxygen atoms in total. The molecule has 2 aliphatic rings. The van der Waals surface area contributed by atoms with E-state index in [2.05, 4.69) is 54.9 Å². The van der Waals surface area contributed by atoms with E-state index in [0.717, 1.165) is 50.8 Å². The average molecular weight is 385 g/mol. The van der Waals surface area contributed by atoms with Gasteiger partial charge in [-0.05, 0) is 54.1 Å². The summed E-state index contributed by atoms with van der Waals surface area (Å²) in [5.41, 5.74) is 2.26. The molecule has 0 aliphatic carbocycles. The SMILES string of the molecule is O=C(Cn1nnnc1CN1CCCC1)NCc1ccc(N2CCOCC2)cc1. The van der Waals surface area contributed by atoms with Crippen molar-refractivity contribution in [1.82, 2.24) is 30.4 Å². The van der Waals surface area contributed by atoms with Crippen LogP contribution in [0.3, 0.4) is 0 Å². The number of aromatic nitrogens is 4. The van der Waals surface area contributed by atoms with E-state index in [4.69, 9.17) is 4.74 Å². The summed E-state index contributed by atoms with van der Waals surface area (Å²) in [6.45, 7) is 6.85. The molecule has 0 atom stereocenters. The van der Waals surface area contributed by atoms with Crippen molar-refractivity contribution in [3.8, 4) is 0 Å². The summed E-state index contributed by atoms with van der Waals surface area (Å²) >= 11 is 0. The molecule has 150 valence electrons. The lowest BCUT2D eigenvalue weighted by Crippen LogP contribution is -2.36. The molecule has 28 heavy (non-hydrogen) atoms. The fourth-order valence-electron chi connectivity index (χ4n) is 3.64. The number of rotatable bonds is 7. The normalized spacial score (nSPS) is 17.8. The minimum Gasteiger partial charge on any atom is -0.378 e. The van der Waals surface area contributed by atoms with Gasteiger partial charge in [0.2, 0.25) is 5.91 Å². The van der Waals surface area contributed by atoms with Gasteiger partial charge < -0.3 is 15.0 Å². The molecule has 2 fully saturated rings. The largest absolute Gasteiger partial charge is 0.378 e. The lowest BCUT2D eigenvalue weighted by Gasteiger charge is -2.28. The molecule has 4 rings (SSSR count). The van der Waals surface area contributed by atoms with Gasteiger partial charge in [-0.3, -0.25) is 9.69 Å². The maximum absolute atomic E-state index is 12.3. The van der Waals surface area contributed by atoms with Crippen molar-refractivity contribution in [1.29, 1.82) is 0 Å². The highest BCUT2D eigenvalue weighted by molar-refractivity contribution is 5.75. The van der Waals surface area contributed by atoms with Gasteiger partial charge in [-0.1, -0.05) is 12.1 Å². The third-order valence-corrected chi connectivity index (χ3v) is 5.27. The van der Waals surface area contributed by atoms with E-state index >= 15 is 0 Å². The van der Waals surface area contributed by atoms with Gasteiger partial charge in [0.15, 0.2) is 5.82 Å². The Bertz CT molecular complexity index is 765. The van der Waals surface area contributed by atoms with E-state index in [0.29, 0.717) is 13.1 Å². The number of nitrogens with zero attached hydrogens (tertiary/aromatic N) is 6. The van der Waals surface area contributed by atoms with Gasteiger partial charge >= 0.3 is 0 Å². The van der Waals surface area contributed by atoms with E-state index in [9.17, 15) is 4.79 Å². The zero-order chi connectivity index (χ0) is 19.2. The maximum Gasteiger partial charge on any atom is 0.242 e. The fraction of sp³-hybridized carbons (Fsp3) is 0.579. The summed E-state index contributed by atoms with van der Waals surface area (Å²) in [4.78, 5) is 17.0. The predicted molar refractivity (Wildman–Crippen MR) is 104 cm³/mol. The monoisotopic (exact) mass is 385 g/mol. The van der Waals surface area contributed by atoms with Crippen LogP contribution in [0.2, 0.25) is 0 Å². The van der Waals surface area contributed by atoms with Crippen molar-refractivity contribution in [3.63, 3.8) is 0 Å². The number of morpholine rings is 1. The van der Waals surface area contributed by atoms with Crippen LogP contribution in [0.4, 0.5) is 5.69 Å². The van der Waals surface area contributed by atoms with Gasteiger partial charge in [-0.2, -0.15) is 0 Å². The van der Waals surface area contributed by atoms with Gasteiger partial charge in [0.25, 0.3) is 0 Å². The Kier molecular flexibility index (Phi) is 6.13. The second kappa shape index (κ2) is 9.11. The number of carbonyl (C=O) groups is 1. The molecule has 0 saturated carbocycles. The number of tetrazole rings is 1. The number of benzene rings is 1. The van der Waals surface area contributed by atoms with E-state index in [1.807, 2.05) is 0 Å². The van der Waals surface area contributed by atoms with Crippen LogP contribution in [0.1, 0.15) is 24.2 Å². The Labute approximate surface area is 164 Å². The molecule has 1 aromatic carbocycles. The van der Waals surface area contributed by atoms with Crippen molar-refractivity contribution in [3.05, 3.63) is 35.7 Å². The van der Waals surface area contributed by atoms with Crippen LogP contribution in [0, 0.1) is 0 Å². The van der Waals surface area contributed by atoms with Crippen molar-refractivity contribution < 1.29 is 9.53 Å². The predicted octanol–water partition coefficient (Wildman–Crippen LogP) is 0.422. The van der Waals surface area contributed by atoms with E-state index in [1.54, 1.807) is 4.68 Å². The molecule has 1 N–H and O–H groups in total. The van der Waals surface area contributed by atoms with Gasteiger partial charge in [0, 0.05) is 25.3 Å². The Hall–Kier alpha value is -2.52. The van der Waals surface area contributed by atoms with Gasteiger partial charge in [0.05, 0.1) is 19.8 Å². The second-order valence-electron chi connectivity index (χ2n) is 7.28. The van der Waals surface area contributed by atoms with E-state index in [1.165, 1.54) is 18.5 Å². The fourth-order valence-corrected chi connectivity index (χ4v) is 3.64. The first-order chi connectivity index (χ1) is 13.8. The molecule has 0 radical (unpaired) electrons. The molecule has 1 amide bonds. The number of hydrogen-bond acceptors (Lipinski definition) is 7. The van der Waals surface area contributed by atoms with Crippen LogP contribution >= 0.6 is 0 Å². The zero-order valence-electron chi connectivity index (χ0n) is 16.1. The summed E-state index contributed by atoms with van der Waals surface area (Å²) in [6.07, 6.45) is 2.43. The molecule has 3 heterocycles. The Balaban J connectivity index is 1.26. The third kappa shape index (κ3) is 4.85. The van der Waals surface area contributed by atoms with Gasteiger partial charge in [-0.25, -0.2) is 4.68 Å². The van der Waals surface area contributed by atoms with Crippen LogP contribution in [0.25, 0.3) is 0 Å². The van der Waals surface area contributed by atoms with Crippen molar-refractivity contribution in [2.24, 2.45) is 0 Å².